The Hall–Kier alpha value is -2.50. The average Bonchev–Trinajstić information content (AvgIpc) is 2.44. The number of ketones is 1. The fourth-order valence-corrected chi connectivity index (χ4v) is 2.00. The lowest BCUT2D eigenvalue weighted by Gasteiger charge is -2.06. The van der Waals surface area contributed by atoms with Crippen LogP contribution in [0.5, 0.6) is 0 Å². The van der Waals surface area contributed by atoms with Crippen LogP contribution in [0.2, 0.25) is 0 Å². The summed E-state index contributed by atoms with van der Waals surface area (Å²) in [6.07, 6.45) is 1.98. The highest BCUT2D eigenvalue weighted by molar-refractivity contribution is 5.80. The first-order chi connectivity index (χ1) is 9.99. The highest BCUT2D eigenvalue weighted by Crippen LogP contribution is 2.04. The van der Waals surface area contributed by atoms with Crippen molar-refractivity contribution in [2.45, 2.75) is 26.3 Å². The van der Waals surface area contributed by atoms with Gasteiger partial charge in [0.15, 0.2) is 5.78 Å². The van der Waals surface area contributed by atoms with Crippen LogP contribution in [0.1, 0.15) is 18.1 Å². The van der Waals surface area contributed by atoms with Crippen molar-refractivity contribution in [1.29, 1.82) is 0 Å². The minimum Gasteiger partial charge on any atom is -0.297 e. The van der Waals surface area contributed by atoms with E-state index in [2.05, 4.69) is 4.98 Å². The maximum atomic E-state index is 12.8. The second-order valence-corrected chi connectivity index (χ2v) is 4.74. The molecule has 0 fully saturated rings. The Morgan fingerprint density at radius 1 is 1.24 bits per heavy atom. The molecule has 6 heteroatoms. The van der Waals surface area contributed by atoms with Gasteiger partial charge in [-0.3, -0.25) is 19.1 Å². The Kier molecular flexibility index (Phi) is 4.47. The molecule has 0 saturated carbocycles. The normalized spacial score (nSPS) is 10.6. The van der Waals surface area contributed by atoms with Crippen LogP contribution in [0.3, 0.4) is 0 Å². The molecule has 110 valence electrons. The molecule has 1 aromatic heterocycles. The Bertz CT molecular complexity index is 760. The number of carbonyl (C=O) groups excluding carboxylic acids is 1. The SMILES string of the molecule is CCc1cn(CC(=O)Cc2ccc(F)cc2)c(=O)[nH]c1=O. The number of rotatable bonds is 5. The van der Waals surface area contributed by atoms with E-state index in [0.717, 1.165) is 0 Å². The zero-order chi connectivity index (χ0) is 15.4. The summed E-state index contributed by atoms with van der Waals surface area (Å²) >= 11 is 0. The number of Topliss-reactive ketones (excluding diaryl/α,β-unsaturated/α-hetero) is 1. The van der Waals surface area contributed by atoms with Crippen LogP contribution in [0.4, 0.5) is 4.39 Å². The number of halogens is 1. The molecule has 0 spiro atoms. The standard InChI is InChI=1S/C15H15FN2O3/c1-2-11-8-18(15(21)17-14(11)20)9-13(19)7-10-3-5-12(16)6-4-10/h3-6,8H,2,7,9H2,1H3,(H,17,20,21). The number of carbonyl (C=O) groups is 1. The number of nitrogens with zero attached hydrogens (tertiary/aromatic N) is 1. The van der Waals surface area contributed by atoms with E-state index in [1.165, 1.54) is 35.0 Å². The molecule has 0 bridgehead atoms. The predicted octanol–water partition coefficient (Wildman–Crippen LogP) is 1.05. The van der Waals surface area contributed by atoms with Crippen LogP contribution in [0, 0.1) is 5.82 Å². The zero-order valence-corrected chi connectivity index (χ0v) is 11.6. The lowest BCUT2D eigenvalue weighted by atomic mass is 10.1. The molecule has 1 heterocycles. The van der Waals surface area contributed by atoms with Gasteiger partial charge in [0.1, 0.15) is 5.82 Å². The summed E-state index contributed by atoms with van der Waals surface area (Å²) < 4.78 is 14.0. The molecule has 21 heavy (non-hydrogen) atoms. The fourth-order valence-electron chi connectivity index (χ4n) is 2.00. The first-order valence-corrected chi connectivity index (χ1v) is 6.58. The van der Waals surface area contributed by atoms with Crippen LogP contribution < -0.4 is 11.2 Å². The van der Waals surface area contributed by atoms with Gasteiger partial charge in [-0.15, -0.1) is 0 Å². The number of benzene rings is 1. The third kappa shape index (κ3) is 3.75. The number of hydrogen-bond acceptors (Lipinski definition) is 3. The maximum Gasteiger partial charge on any atom is 0.328 e. The molecule has 0 unspecified atom stereocenters. The van der Waals surface area contributed by atoms with Crippen molar-refractivity contribution in [3.63, 3.8) is 0 Å². The van der Waals surface area contributed by atoms with E-state index >= 15 is 0 Å². The molecular formula is C15H15FN2O3. The molecule has 0 atom stereocenters. The van der Waals surface area contributed by atoms with Gasteiger partial charge in [-0.25, -0.2) is 9.18 Å². The summed E-state index contributed by atoms with van der Waals surface area (Å²) in [6, 6.07) is 5.62. The highest BCUT2D eigenvalue weighted by Gasteiger charge is 2.09. The molecular weight excluding hydrogens is 275 g/mol. The number of aryl methyl sites for hydroxylation is 1. The summed E-state index contributed by atoms with van der Waals surface area (Å²) in [5.41, 5.74) is 0.0909. The average molecular weight is 290 g/mol. The van der Waals surface area contributed by atoms with Gasteiger partial charge >= 0.3 is 5.69 Å². The first kappa shape index (κ1) is 14.9. The third-order valence-electron chi connectivity index (χ3n) is 3.13. The van der Waals surface area contributed by atoms with Crippen molar-refractivity contribution in [3.8, 4) is 0 Å². The number of H-pyrrole nitrogens is 1. The van der Waals surface area contributed by atoms with Gasteiger partial charge in [0.2, 0.25) is 0 Å². The van der Waals surface area contributed by atoms with E-state index in [0.29, 0.717) is 17.5 Å². The number of hydrogen-bond donors (Lipinski definition) is 1. The van der Waals surface area contributed by atoms with Crippen LogP contribution >= 0.6 is 0 Å². The van der Waals surface area contributed by atoms with Gasteiger partial charge in [0, 0.05) is 18.2 Å². The van der Waals surface area contributed by atoms with Crippen LogP contribution in [-0.2, 0) is 24.2 Å². The van der Waals surface area contributed by atoms with Crippen molar-refractivity contribution < 1.29 is 9.18 Å². The summed E-state index contributed by atoms with van der Waals surface area (Å²) in [5.74, 6) is -0.562. The van der Waals surface area contributed by atoms with E-state index in [-0.39, 0.29) is 24.6 Å². The molecule has 2 rings (SSSR count). The highest BCUT2D eigenvalue weighted by atomic mass is 19.1. The van der Waals surface area contributed by atoms with Gasteiger partial charge in [-0.2, -0.15) is 0 Å². The van der Waals surface area contributed by atoms with Gasteiger partial charge in [0.25, 0.3) is 5.56 Å². The Morgan fingerprint density at radius 3 is 2.52 bits per heavy atom. The molecule has 5 nitrogen and oxygen atoms in total. The fraction of sp³-hybridized carbons (Fsp3) is 0.267. The first-order valence-electron chi connectivity index (χ1n) is 6.58. The molecule has 0 aliphatic carbocycles. The summed E-state index contributed by atoms with van der Waals surface area (Å²) in [6.45, 7) is 1.67. The van der Waals surface area contributed by atoms with Gasteiger partial charge < -0.3 is 0 Å². The van der Waals surface area contributed by atoms with Crippen molar-refractivity contribution in [3.05, 3.63) is 68.2 Å². The van der Waals surface area contributed by atoms with Gasteiger partial charge in [0.05, 0.1) is 6.54 Å². The second kappa shape index (κ2) is 6.30. The van der Waals surface area contributed by atoms with E-state index in [1.54, 1.807) is 6.92 Å². The van der Waals surface area contributed by atoms with Crippen molar-refractivity contribution in [2.75, 3.05) is 0 Å². The minimum atomic E-state index is -0.607. The largest absolute Gasteiger partial charge is 0.328 e. The Morgan fingerprint density at radius 2 is 1.90 bits per heavy atom. The zero-order valence-electron chi connectivity index (χ0n) is 11.6. The summed E-state index contributed by atoms with van der Waals surface area (Å²) in [5, 5.41) is 0. The molecule has 0 radical (unpaired) electrons. The maximum absolute atomic E-state index is 12.8. The quantitative estimate of drug-likeness (QED) is 0.894. The number of aromatic amines is 1. The molecule has 0 aliphatic heterocycles. The molecule has 1 aromatic carbocycles. The predicted molar refractivity (Wildman–Crippen MR) is 75.8 cm³/mol. The number of aromatic nitrogens is 2. The molecule has 2 aromatic rings. The molecule has 0 saturated heterocycles. The lowest BCUT2D eigenvalue weighted by molar-refractivity contribution is -0.119. The third-order valence-corrected chi connectivity index (χ3v) is 3.13. The second-order valence-electron chi connectivity index (χ2n) is 4.74. The Labute approximate surface area is 120 Å². The monoisotopic (exact) mass is 290 g/mol. The smallest absolute Gasteiger partial charge is 0.297 e. The van der Waals surface area contributed by atoms with E-state index in [1.807, 2.05) is 0 Å². The topological polar surface area (TPSA) is 71.9 Å². The van der Waals surface area contributed by atoms with E-state index in [4.69, 9.17) is 0 Å². The van der Waals surface area contributed by atoms with E-state index < -0.39 is 11.2 Å². The molecule has 0 aliphatic rings. The summed E-state index contributed by atoms with van der Waals surface area (Å²) in [7, 11) is 0. The van der Waals surface area contributed by atoms with E-state index in [9.17, 15) is 18.8 Å². The molecule has 0 amide bonds. The number of nitrogens with one attached hydrogen (secondary N) is 1. The minimum absolute atomic E-state index is 0.104. The van der Waals surface area contributed by atoms with Gasteiger partial charge in [-0.1, -0.05) is 19.1 Å². The Balaban J connectivity index is 2.14. The van der Waals surface area contributed by atoms with Crippen molar-refractivity contribution >= 4 is 5.78 Å². The van der Waals surface area contributed by atoms with Crippen molar-refractivity contribution in [2.24, 2.45) is 0 Å². The van der Waals surface area contributed by atoms with Crippen LogP contribution in [-0.4, -0.2) is 15.3 Å². The molecule has 1 N–H and O–H groups in total. The lowest BCUT2D eigenvalue weighted by Crippen LogP contribution is -2.33. The van der Waals surface area contributed by atoms with Crippen molar-refractivity contribution in [1.82, 2.24) is 9.55 Å². The van der Waals surface area contributed by atoms with Crippen LogP contribution in [0.15, 0.2) is 40.1 Å². The van der Waals surface area contributed by atoms with Crippen LogP contribution in [0.25, 0.3) is 0 Å². The van der Waals surface area contributed by atoms with Gasteiger partial charge in [-0.05, 0) is 24.1 Å². The summed E-state index contributed by atoms with van der Waals surface area (Å²) in [4.78, 5) is 37.2.